The highest BCUT2D eigenvalue weighted by Gasteiger charge is 2.28. The highest BCUT2D eigenvalue weighted by Crippen LogP contribution is 2.30. The molecule has 1 unspecified atom stereocenters. The summed E-state index contributed by atoms with van der Waals surface area (Å²) in [6.07, 6.45) is 1.05. The van der Waals surface area contributed by atoms with E-state index in [0.717, 1.165) is 26.1 Å². The predicted molar refractivity (Wildman–Crippen MR) is 57.0 cm³/mol. The van der Waals surface area contributed by atoms with Gasteiger partial charge in [0.05, 0.1) is 0 Å². The molecule has 0 aromatic heterocycles. The fourth-order valence-corrected chi connectivity index (χ4v) is 2.39. The van der Waals surface area contributed by atoms with E-state index in [2.05, 4.69) is 10.2 Å². The SMILES string of the molecule is CCN(CCSC(F)(F)F)C1CCNC1. The van der Waals surface area contributed by atoms with Crippen molar-refractivity contribution in [2.24, 2.45) is 0 Å². The van der Waals surface area contributed by atoms with Gasteiger partial charge in [0.1, 0.15) is 0 Å². The average molecular weight is 242 g/mol. The highest BCUT2D eigenvalue weighted by atomic mass is 32.2. The zero-order chi connectivity index (χ0) is 11.3. The Balaban J connectivity index is 2.21. The molecule has 1 aliphatic rings. The molecular weight excluding hydrogens is 225 g/mol. The van der Waals surface area contributed by atoms with Crippen LogP contribution in [0.1, 0.15) is 13.3 Å². The molecule has 1 heterocycles. The summed E-state index contributed by atoms with van der Waals surface area (Å²) in [6, 6.07) is 0.420. The quantitative estimate of drug-likeness (QED) is 0.793. The summed E-state index contributed by atoms with van der Waals surface area (Å²) in [4.78, 5) is 2.12. The molecule has 0 amide bonds. The Morgan fingerprint density at radius 1 is 1.47 bits per heavy atom. The Morgan fingerprint density at radius 2 is 2.20 bits per heavy atom. The van der Waals surface area contributed by atoms with Crippen molar-refractivity contribution in [3.05, 3.63) is 0 Å². The number of nitrogens with zero attached hydrogens (tertiary/aromatic N) is 1. The lowest BCUT2D eigenvalue weighted by atomic mass is 10.2. The van der Waals surface area contributed by atoms with Crippen LogP contribution < -0.4 is 5.32 Å². The van der Waals surface area contributed by atoms with Crippen molar-refractivity contribution in [2.75, 3.05) is 31.9 Å². The predicted octanol–water partition coefficient (Wildman–Crippen LogP) is 1.92. The van der Waals surface area contributed by atoms with E-state index in [4.69, 9.17) is 0 Å². The molecule has 1 N–H and O–H groups in total. The molecule has 0 radical (unpaired) electrons. The molecule has 15 heavy (non-hydrogen) atoms. The van der Waals surface area contributed by atoms with Gasteiger partial charge in [-0.25, -0.2) is 0 Å². The van der Waals surface area contributed by atoms with Crippen molar-refractivity contribution in [2.45, 2.75) is 24.9 Å². The molecule has 0 spiro atoms. The summed E-state index contributed by atoms with van der Waals surface area (Å²) in [6.45, 7) is 5.23. The highest BCUT2D eigenvalue weighted by molar-refractivity contribution is 8.00. The van der Waals surface area contributed by atoms with Gasteiger partial charge < -0.3 is 5.32 Å². The van der Waals surface area contributed by atoms with Gasteiger partial charge in [0.25, 0.3) is 0 Å². The number of rotatable bonds is 5. The third kappa shape index (κ3) is 5.08. The second-order valence-corrected chi connectivity index (χ2v) is 4.73. The second kappa shape index (κ2) is 5.96. The number of halogens is 3. The van der Waals surface area contributed by atoms with Crippen LogP contribution in [0, 0.1) is 0 Å². The maximum Gasteiger partial charge on any atom is 0.441 e. The lowest BCUT2D eigenvalue weighted by Crippen LogP contribution is -2.38. The zero-order valence-corrected chi connectivity index (χ0v) is 9.63. The van der Waals surface area contributed by atoms with E-state index < -0.39 is 5.51 Å². The fourth-order valence-electron chi connectivity index (χ4n) is 1.83. The van der Waals surface area contributed by atoms with Crippen LogP contribution in [0.5, 0.6) is 0 Å². The third-order valence-corrected chi connectivity index (χ3v) is 3.32. The second-order valence-electron chi connectivity index (χ2n) is 3.57. The first-order chi connectivity index (χ1) is 7.03. The van der Waals surface area contributed by atoms with Crippen molar-refractivity contribution in [3.8, 4) is 0 Å². The van der Waals surface area contributed by atoms with Gasteiger partial charge in [-0.2, -0.15) is 13.2 Å². The van der Waals surface area contributed by atoms with Crippen molar-refractivity contribution >= 4 is 11.8 Å². The van der Waals surface area contributed by atoms with Gasteiger partial charge in [0.2, 0.25) is 0 Å². The number of alkyl halides is 3. The van der Waals surface area contributed by atoms with Gasteiger partial charge in [-0.3, -0.25) is 4.90 Å². The van der Waals surface area contributed by atoms with Crippen LogP contribution in [-0.2, 0) is 0 Å². The van der Waals surface area contributed by atoms with E-state index in [9.17, 15) is 13.2 Å². The third-order valence-electron chi connectivity index (χ3n) is 2.60. The zero-order valence-electron chi connectivity index (χ0n) is 8.81. The summed E-state index contributed by atoms with van der Waals surface area (Å²) in [7, 11) is 0. The normalized spacial score (nSPS) is 22.6. The molecule has 0 aromatic rings. The number of nitrogens with one attached hydrogen (secondary N) is 1. The standard InChI is InChI=1S/C9H17F3N2S/c1-2-14(8-3-4-13-7-8)5-6-15-9(10,11)12/h8,13H,2-7H2,1H3. The Bertz CT molecular complexity index is 181. The average Bonchev–Trinajstić information content (AvgIpc) is 2.63. The van der Waals surface area contributed by atoms with Crippen molar-refractivity contribution in [1.29, 1.82) is 0 Å². The Labute approximate surface area is 92.6 Å². The minimum absolute atomic E-state index is 0.0740. The first kappa shape index (κ1) is 13.1. The van der Waals surface area contributed by atoms with E-state index in [-0.39, 0.29) is 17.5 Å². The van der Waals surface area contributed by atoms with Crippen LogP contribution in [0.2, 0.25) is 0 Å². The molecule has 1 saturated heterocycles. The van der Waals surface area contributed by atoms with E-state index in [1.807, 2.05) is 6.92 Å². The van der Waals surface area contributed by atoms with Crippen LogP contribution in [-0.4, -0.2) is 48.4 Å². The van der Waals surface area contributed by atoms with Crippen LogP contribution in [0.15, 0.2) is 0 Å². The Kier molecular flexibility index (Phi) is 5.22. The lowest BCUT2D eigenvalue weighted by Gasteiger charge is -2.26. The first-order valence-electron chi connectivity index (χ1n) is 5.18. The van der Waals surface area contributed by atoms with Crippen molar-refractivity contribution < 1.29 is 13.2 Å². The number of thioether (sulfide) groups is 1. The van der Waals surface area contributed by atoms with Crippen LogP contribution in [0.3, 0.4) is 0 Å². The van der Waals surface area contributed by atoms with E-state index in [1.54, 1.807) is 0 Å². The maximum atomic E-state index is 11.9. The number of hydrogen-bond acceptors (Lipinski definition) is 3. The molecule has 0 bridgehead atoms. The number of likely N-dealkylation sites (N-methyl/N-ethyl adjacent to an activating group) is 1. The van der Waals surface area contributed by atoms with E-state index in [1.165, 1.54) is 0 Å². The molecule has 6 heteroatoms. The summed E-state index contributed by atoms with van der Waals surface area (Å²) < 4.78 is 35.8. The molecule has 90 valence electrons. The molecular formula is C9H17F3N2S. The van der Waals surface area contributed by atoms with Crippen molar-refractivity contribution in [1.82, 2.24) is 10.2 Å². The summed E-state index contributed by atoms with van der Waals surface area (Å²) in [5.41, 5.74) is -4.09. The van der Waals surface area contributed by atoms with Gasteiger partial charge in [-0.15, -0.1) is 0 Å². The molecule has 2 nitrogen and oxygen atoms in total. The Morgan fingerprint density at radius 3 is 2.67 bits per heavy atom. The largest absolute Gasteiger partial charge is 0.441 e. The van der Waals surface area contributed by atoms with Crippen LogP contribution >= 0.6 is 11.8 Å². The van der Waals surface area contributed by atoms with Gasteiger partial charge in [-0.1, -0.05) is 6.92 Å². The Hall–Kier alpha value is 0.0600. The smallest absolute Gasteiger partial charge is 0.315 e. The summed E-state index contributed by atoms with van der Waals surface area (Å²) in [5, 5.41) is 3.22. The van der Waals surface area contributed by atoms with Crippen molar-refractivity contribution in [3.63, 3.8) is 0 Å². The minimum atomic E-state index is -4.09. The number of hydrogen-bond donors (Lipinski definition) is 1. The van der Waals surface area contributed by atoms with E-state index in [0.29, 0.717) is 12.6 Å². The molecule has 1 rings (SSSR count). The summed E-state index contributed by atoms with van der Waals surface area (Å²) >= 11 is 0.0740. The molecule has 1 aliphatic heterocycles. The molecule has 1 atom stereocenters. The van der Waals surface area contributed by atoms with Crippen LogP contribution in [0.4, 0.5) is 13.2 Å². The van der Waals surface area contributed by atoms with E-state index >= 15 is 0 Å². The molecule has 0 saturated carbocycles. The molecule has 0 aromatic carbocycles. The topological polar surface area (TPSA) is 15.3 Å². The van der Waals surface area contributed by atoms with Gasteiger partial charge in [-0.05, 0) is 31.3 Å². The van der Waals surface area contributed by atoms with Gasteiger partial charge >= 0.3 is 5.51 Å². The van der Waals surface area contributed by atoms with Gasteiger partial charge in [0.15, 0.2) is 0 Å². The lowest BCUT2D eigenvalue weighted by molar-refractivity contribution is -0.0329. The molecule has 1 fully saturated rings. The molecule has 0 aliphatic carbocycles. The minimum Gasteiger partial charge on any atom is -0.315 e. The maximum absolute atomic E-state index is 11.9. The monoisotopic (exact) mass is 242 g/mol. The van der Waals surface area contributed by atoms with Gasteiger partial charge in [0, 0.05) is 24.9 Å². The first-order valence-corrected chi connectivity index (χ1v) is 6.17. The summed E-state index contributed by atoms with van der Waals surface area (Å²) in [5.74, 6) is 0.133. The fraction of sp³-hybridized carbons (Fsp3) is 1.00. The van der Waals surface area contributed by atoms with Crippen LogP contribution in [0.25, 0.3) is 0 Å².